The number of carbonyl (C=O) groups is 1. The van der Waals surface area contributed by atoms with E-state index in [2.05, 4.69) is 10.6 Å². The third-order valence-corrected chi connectivity index (χ3v) is 3.98. The Kier molecular flexibility index (Phi) is 5.75. The van der Waals surface area contributed by atoms with Gasteiger partial charge in [0.05, 0.1) is 32.3 Å². The quantitative estimate of drug-likeness (QED) is 0.687. The zero-order valence-electron chi connectivity index (χ0n) is 10.9. The van der Waals surface area contributed by atoms with Crippen LogP contribution in [-0.2, 0) is 4.79 Å². The fraction of sp³-hybridized carbons (Fsp3) is 0.0714. The summed E-state index contributed by atoms with van der Waals surface area (Å²) in [5.41, 5.74) is 0.863. The lowest BCUT2D eigenvalue weighted by Crippen LogP contribution is -2.21. The first-order valence-corrected chi connectivity index (χ1v) is 7.51. The van der Waals surface area contributed by atoms with Gasteiger partial charge >= 0.3 is 0 Å². The highest BCUT2D eigenvalue weighted by molar-refractivity contribution is 6.44. The van der Waals surface area contributed by atoms with Gasteiger partial charge in [-0.15, -0.1) is 0 Å². The van der Waals surface area contributed by atoms with Gasteiger partial charge in [-0.2, -0.15) is 0 Å². The van der Waals surface area contributed by atoms with E-state index in [4.69, 9.17) is 46.4 Å². The number of hydrogen-bond donors (Lipinski definition) is 2. The van der Waals surface area contributed by atoms with E-state index < -0.39 is 5.82 Å². The SMILES string of the molecule is O=C(CNc1cc(Cl)c(Cl)cc1Cl)Nc1ccc(F)c(Cl)c1. The van der Waals surface area contributed by atoms with Gasteiger partial charge in [0.15, 0.2) is 0 Å². The van der Waals surface area contributed by atoms with Crippen LogP contribution in [0, 0.1) is 5.82 Å². The molecule has 2 aromatic rings. The predicted octanol–water partition coefficient (Wildman–Crippen LogP) is 5.49. The molecule has 0 aliphatic rings. The Hall–Kier alpha value is -1.20. The molecule has 0 saturated carbocycles. The molecule has 116 valence electrons. The van der Waals surface area contributed by atoms with Gasteiger partial charge in [-0.3, -0.25) is 4.79 Å². The van der Waals surface area contributed by atoms with Crippen LogP contribution < -0.4 is 10.6 Å². The summed E-state index contributed by atoms with van der Waals surface area (Å²) in [5, 5.41) is 6.31. The highest BCUT2D eigenvalue weighted by atomic mass is 35.5. The molecule has 0 radical (unpaired) electrons. The van der Waals surface area contributed by atoms with Gasteiger partial charge in [0.1, 0.15) is 5.82 Å². The van der Waals surface area contributed by atoms with E-state index in [0.717, 1.165) is 0 Å². The van der Waals surface area contributed by atoms with Crippen LogP contribution >= 0.6 is 46.4 Å². The molecule has 0 aliphatic heterocycles. The molecule has 0 atom stereocenters. The number of benzene rings is 2. The van der Waals surface area contributed by atoms with Gasteiger partial charge in [0, 0.05) is 5.69 Å². The number of halogens is 5. The standard InChI is InChI=1S/C14H9Cl4FN2O/c15-8-4-11(18)13(5-9(8)16)20-6-14(22)21-7-1-2-12(19)10(17)3-7/h1-5,20H,6H2,(H,21,22). The Labute approximate surface area is 146 Å². The van der Waals surface area contributed by atoms with E-state index in [1.165, 1.54) is 30.3 Å². The highest BCUT2D eigenvalue weighted by Gasteiger charge is 2.09. The first-order chi connectivity index (χ1) is 10.4. The summed E-state index contributed by atoms with van der Waals surface area (Å²) < 4.78 is 13.0. The van der Waals surface area contributed by atoms with Gasteiger partial charge in [0.2, 0.25) is 5.91 Å². The van der Waals surface area contributed by atoms with Crippen molar-refractivity contribution in [1.29, 1.82) is 0 Å². The lowest BCUT2D eigenvalue weighted by atomic mass is 10.3. The Bertz CT molecular complexity index is 724. The lowest BCUT2D eigenvalue weighted by molar-refractivity contribution is -0.114. The second-order valence-corrected chi connectivity index (χ2v) is 5.91. The average Bonchev–Trinajstić information content (AvgIpc) is 2.45. The number of hydrogen-bond acceptors (Lipinski definition) is 2. The molecule has 2 N–H and O–H groups in total. The molecule has 0 saturated heterocycles. The fourth-order valence-corrected chi connectivity index (χ4v) is 2.41. The Morgan fingerprint density at radius 3 is 2.32 bits per heavy atom. The summed E-state index contributed by atoms with van der Waals surface area (Å²) in [7, 11) is 0. The molecule has 22 heavy (non-hydrogen) atoms. The maximum atomic E-state index is 13.0. The van der Waals surface area contributed by atoms with Crippen LogP contribution in [0.3, 0.4) is 0 Å². The van der Waals surface area contributed by atoms with Crippen LogP contribution in [0.4, 0.5) is 15.8 Å². The fourth-order valence-electron chi connectivity index (χ4n) is 1.61. The summed E-state index contributed by atoms with van der Waals surface area (Å²) >= 11 is 23.3. The van der Waals surface area contributed by atoms with Crippen LogP contribution in [0.25, 0.3) is 0 Å². The molecule has 0 aromatic heterocycles. The van der Waals surface area contributed by atoms with E-state index in [-0.39, 0.29) is 17.5 Å². The molecule has 2 aromatic carbocycles. The van der Waals surface area contributed by atoms with E-state index in [9.17, 15) is 9.18 Å². The average molecular weight is 382 g/mol. The molecule has 0 heterocycles. The van der Waals surface area contributed by atoms with Gasteiger partial charge in [0.25, 0.3) is 0 Å². The third-order valence-electron chi connectivity index (χ3n) is 2.65. The van der Waals surface area contributed by atoms with Gasteiger partial charge < -0.3 is 10.6 Å². The molecule has 2 rings (SSSR count). The predicted molar refractivity (Wildman–Crippen MR) is 90.0 cm³/mol. The second-order valence-electron chi connectivity index (χ2n) is 4.28. The summed E-state index contributed by atoms with van der Waals surface area (Å²) in [6.07, 6.45) is 0. The Balaban J connectivity index is 1.98. The number of amides is 1. The number of carbonyl (C=O) groups excluding carboxylic acids is 1. The third kappa shape index (κ3) is 4.40. The molecule has 1 amide bonds. The molecule has 8 heteroatoms. The second kappa shape index (κ2) is 7.38. The van der Waals surface area contributed by atoms with Crippen LogP contribution in [0.1, 0.15) is 0 Å². The minimum atomic E-state index is -0.555. The van der Waals surface area contributed by atoms with Crippen molar-refractivity contribution in [3.05, 3.63) is 56.2 Å². The minimum Gasteiger partial charge on any atom is -0.375 e. The van der Waals surface area contributed by atoms with Crippen molar-refractivity contribution in [2.24, 2.45) is 0 Å². The minimum absolute atomic E-state index is 0.0628. The Morgan fingerprint density at radius 1 is 0.955 bits per heavy atom. The number of nitrogens with one attached hydrogen (secondary N) is 2. The van der Waals surface area contributed by atoms with Crippen molar-refractivity contribution in [3.63, 3.8) is 0 Å². The van der Waals surface area contributed by atoms with Crippen LogP contribution in [0.5, 0.6) is 0 Å². The normalized spacial score (nSPS) is 10.4. The molecule has 0 spiro atoms. The molecule has 3 nitrogen and oxygen atoms in total. The topological polar surface area (TPSA) is 41.1 Å². The zero-order valence-corrected chi connectivity index (χ0v) is 13.9. The Morgan fingerprint density at radius 2 is 1.64 bits per heavy atom. The number of anilines is 2. The molecule has 0 fully saturated rings. The summed E-state index contributed by atoms with van der Waals surface area (Å²) in [6, 6.07) is 6.90. The van der Waals surface area contributed by atoms with Crippen molar-refractivity contribution in [2.45, 2.75) is 0 Å². The largest absolute Gasteiger partial charge is 0.375 e. The van der Waals surface area contributed by atoms with Crippen LogP contribution in [0.15, 0.2) is 30.3 Å². The lowest BCUT2D eigenvalue weighted by Gasteiger charge is -2.10. The van der Waals surface area contributed by atoms with E-state index in [1.54, 1.807) is 0 Å². The summed E-state index contributed by atoms with van der Waals surface area (Å²) in [5.74, 6) is -0.912. The van der Waals surface area contributed by atoms with Crippen molar-refractivity contribution in [2.75, 3.05) is 17.2 Å². The van der Waals surface area contributed by atoms with Gasteiger partial charge in [-0.1, -0.05) is 46.4 Å². The van der Waals surface area contributed by atoms with Crippen molar-refractivity contribution >= 4 is 63.7 Å². The summed E-state index contributed by atoms with van der Waals surface area (Å²) in [6.45, 7) is -0.0628. The summed E-state index contributed by atoms with van der Waals surface area (Å²) in [4.78, 5) is 11.8. The van der Waals surface area contributed by atoms with E-state index >= 15 is 0 Å². The monoisotopic (exact) mass is 380 g/mol. The zero-order chi connectivity index (χ0) is 16.3. The molecule has 0 bridgehead atoms. The maximum Gasteiger partial charge on any atom is 0.243 e. The maximum absolute atomic E-state index is 13.0. The van der Waals surface area contributed by atoms with Crippen molar-refractivity contribution < 1.29 is 9.18 Å². The van der Waals surface area contributed by atoms with Crippen LogP contribution in [-0.4, -0.2) is 12.5 Å². The molecular formula is C14H9Cl4FN2O. The van der Waals surface area contributed by atoms with E-state index in [0.29, 0.717) is 26.4 Å². The van der Waals surface area contributed by atoms with Crippen LogP contribution in [0.2, 0.25) is 20.1 Å². The van der Waals surface area contributed by atoms with Gasteiger partial charge in [-0.05, 0) is 30.3 Å². The first kappa shape index (κ1) is 17.2. The first-order valence-electron chi connectivity index (χ1n) is 6.00. The van der Waals surface area contributed by atoms with E-state index in [1.807, 2.05) is 0 Å². The smallest absolute Gasteiger partial charge is 0.243 e. The molecule has 0 aliphatic carbocycles. The highest BCUT2D eigenvalue weighted by Crippen LogP contribution is 2.32. The van der Waals surface area contributed by atoms with Gasteiger partial charge in [-0.25, -0.2) is 4.39 Å². The van der Waals surface area contributed by atoms with Crippen molar-refractivity contribution in [1.82, 2.24) is 0 Å². The molecular weight excluding hydrogens is 373 g/mol. The number of rotatable bonds is 4. The van der Waals surface area contributed by atoms with Crippen molar-refractivity contribution in [3.8, 4) is 0 Å². The molecule has 0 unspecified atom stereocenters.